The summed E-state index contributed by atoms with van der Waals surface area (Å²) < 4.78 is 0. The topological polar surface area (TPSA) is 36.4 Å². The average molecular weight is 256 g/mol. The summed E-state index contributed by atoms with van der Waals surface area (Å²) in [5.74, 6) is 0.913. The molecule has 1 aromatic heterocycles. The summed E-state index contributed by atoms with van der Waals surface area (Å²) in [6.07, 6.45) is 2.05. The molecule has 0 spiro atoms. The molecule has 0 bridgehead atoms. The normalized spacial score (nSPS) is 12.2. The van der Waals surface area contributed by atoms with Crippen LogP contribution in [0.4, 0.5) is 5.82 Å². The van der Waals surface area contributed by atoms with Crippen LogP contribution in [0.15, 0.2) is 48.7 Å². The predicted molar refractivity (Wildman–Crippen MR) is 78.0 cm³/mol. The van der Waals surface area contributed by atoms with E-state index in [2.05, 4.69) is 22.0 Å². The maximum Gasteiger partial charge on any atom is 0.128 e. The number of aliphatic hydroxyl groups is 1. The van der Waals surface area contributed by atoms with Crippen LogP contribution < -0.4 is 4.90 Å². The molecule has 0 fully saturated rings. The molecule has 0 aliphatic heterocycles. The third kappa shape index (κ3) is 3.55. The van der Waals surface area contributed by atoms with Crippen molar-refractivity contribution in [2.45, 2.75) is 26.0 Å². The summed E-state index contributed by atoms with van der Waals surface area (Å²) in [5, 5.41) is 9.74. The monoisotopic (exact) mass is 256 g/mol. The molecule has 1 atom stereocenters. The third-order valence-electron chi connectivity index (χ3n) is 3.20. The van der Waals surface area contributed by atoms with Gasteiger partial charge >= 0.3 is 0 Å². The molecule has 0 aliphatic carbocycles. The van der Waals surface area contributed by atoms with Crippen LogP contribution in [-0.4, -0.2) is 17.1 Å². The number of hydrogen-bond acceptors (Lipinski definition) is 3. The first-order valence-electron chi connectivity index (χ1n) is 6.59. The van der Waals surface area contributed by atoms with Crippen LogP contribution >= 0.6 is 0 Å². The van der Waals surface area contributed by atoms with E-state index in [9.17, 15) is 5.11 Å². The van der Waals surface area contributed by atoms with E-state index in [1.807, 2.05) is 44.3 Å². The second kappa shape index (κ2) is 6.34. The highest BCUT2D eigenvalue weighted by molar-refractivity contribution is 5.39. The van der Waals surface area contributed by atoms with E-state index < -0.39 is 6.10 Å². The summed E-state index contributed by atoms with van der Waals surface area (Å²) in [5.41, 5.74) is 2.13. The molecule has 1 aromatic carbocycles. The zero-order valence-corrected chi connectivity index (χ0v) is 11.5. The fraction of sp³-hybridized carbons (Fsp3) is 0.312. The summed E-state index contributed by atoms with van der Waals surface area (Å²) in [7, 11) is 2.02. The Morgan fingerprint density at radius 3 is 2.47 bits per heavy atom. The molecular formula is C16H20N2O. The molecule has 2 rings (SSSR count). The smallest absolute Gasteiger partial charge is 0.128 e. The van der Waals surface area contributed by atoms with Gasteiger partial charge in [0.15, 0.2) is 0 Å². The van der Waals surface area contributed by atoms with E-state index in [4.69, 9.17) is 0 Å². The SMILES string of the molecule is CC[C@H](O)c1ccc(N(C)Cc2ccccc2)nc1. The lowest BCUT2D eigenvalue weighted by molar-refractivity contribution is 0.173. The molecule has 3 nitrogen and oxygen atoms in total. The third-order valence-corrected chi connectivity index (χ3v) is 3.20. The van der Waals surface area contributed by atoms with Gasteiger partial charge < -0.3 is 10.0 Å². The van der Waals surface area contributed by atoms with Crippen molar-refractivity contribution in [1.29, 1.82) is 0 Å². The van der Waals surface area contributed by atoms with Crippen molar-refractivity contribution in [1.82, 2.24) is 4.98 Å². The molecule has 19 heavy (non-hydrogen) atoms. The molecule has 100 valence electrons. The van der Waals surface area contributed by atoms with Crippen LogP contribution in [0.1, 0.15) is 30.6 Å². The molecule has 0 aliphatic rings. The van der Waals surface area contributed by atoms with E-state index in [-0.39, 0.29) is 0 Å². The van der Waals surface area contributed by atoms with Gasteiger partial charge in [0.2, 0.25) is 0 Å². The number of aliphatic hydroxyl groups excluding tert-OH is 1. The Morgan fingerprint density at radius 1 is 1.16 bits per heavy atom. The van der Waals surface area contributed by atoms with Crippen LogP contribution in [0.3, 0.4) is 0 Å². The first-order valence-corrected chi connectivity index (χ1v) is 6.59. The Hall–Kier alpha value is -1.87. The zero-order chi connectivity index (χ0) is 13.7. The van der Waals surface area contributed by atoms with Crippen molar-refractivity contribution in [3.63, 3.8) is 0 Å². The minimum atomic E-state index is -0.416. The molecule has 1 N–H and O–H groups in total. The average Bonchev–Trinajstić information content (AvgIpc) is 2.47. The van der Waals surface area contributed by atoms with Gasteiger partial charge in [-0.15, -0.1) is 0 Å². The minimum absolute atomic E-state index is 0.416. The van der Waals surface area contributed by atoms with Crippen molar-refractivity contribution in [3.05, 3.63) is 59.8 Å². The van der Waals surface area contributed by atoms with Crippen molar-refractivity contribution in [2.24, 2.45) is 0 Å². The van der Waals surface area contributed by atoms with Crippen LogP contribution in [-0.2, 0) is 6.54 Å². The van der Waals surface area contributed by atoms with Crippen molar-refractivity contribution in [3.8, 4) is 0 Å². The number of pyridine rings is 1. The molecule has 3 heteroatoms. The number of aromatic nitrogens is 1. The number of benzene rings is 1. The van der Waals surface area contributed by atoms with Gasteiger partial charge in [-0.1, -0.05) is 43.3 Å². The summed E-state index contributed by atoms with van der Waals surface area (Å²) in [6.45, 7) is 2.78. The molecule has 0 amide bonds. The molecule has 0 saturated heterocycles. The summed E-state index contributed by atoms with van der Waals surface area (Å²) >= 11 is 0. The largest absolute Gasteiger partial charge is 0.388 e. The molecule has 2 aromatic rings. The maximum atomic E-state index is 9.74. The van der Waals surface area contributed by atoms with Gasteiger partial charge in [-0.25, -0.2) is 4.98 Å². The van der Waals surface area contributed by atoms with Crippen molar-refractivity contribution < 1.29 is 5.11 Å². The van der Waals surface area contributed by atoms with Crippen molar-refractivity contribution >= 4 is 5.82 Å². The Labute approximate surface area is 114 Å². The number of nitrogens with zero attached hydrogens (tertiary/aromatic N) is 2. The predicted octanol–water partition coefficient (Wildman–Crippen LogP) is 3.16. The van der Waals surface area contributed by atoms with Gasteiger partial charge in [0.25, 0.3) is 0 Å². The second-order valence-corrected chi connectivity index (χ2v) is 4.72. The van der Waals surface area contributed by atoms with E-state index in [1.165, 1.54) is 5.56 Å². The molecular weight excluding hydrogens is 236 g/mol. The summed E-state index contributed by atoms with van der Waals surface area (Å²) in [6, 6.07) is 14.2. The molecule has 0 unspecified atom stereocenters. The quantitative estimate of drug-likeness (QED) is 0.892. The van der Waals surface area contributed by atoms with Crippen LogP contribution in [0.2, 0.25) is 0 Å². The lowest BCUT2D eigenvalue weighted by atomic mass is 10.1. The van der Waals surface area contributed by atoms with Gasteiger partial charge in [0.1, 0.15) is 5.82 Å². The standard InChI is InChI=1S/C16H20N2O/c1-3-15(19)14-9-10-16(17-11-14)18(2)12-13-7-5-4-6-8-13/h4-11,15,19H,3,12H2,1-2H3/t15-/m0/s1. The van der Waals surface area contributed by atoms with Crippen LogP contribution in [0.5, 0.6) is 0 Å². The molecule has 1 heterocycles. The fourth-order valence-electron chi connectivity index (χ4n) is 1.99. The number of rotatable bonds is 5. The minimum Gasteiger partial charge on any atom is -0.388 e. The Bertz CT molecular complexity index is 496. The van der Waals surface area contributed by atoms with Gasteiger partial charge in [0.05, 0.1) is 6.10 Å². The maximum absolute atomic E-state index is 9.74. The highest BCUT2D eigenvalue weighted by atomic mass is 16.3. The van der Waals surface area contributed by atoms with E-state index >= 15 is 0 Å². The fourth-order valence-corrected chi connectivity index (χ4v) is 1.99. The Morgan fingerprint density at radius 2 is 1.89 bits per heavy atom. The summed E-state index contributed by atoms with van der Waals surface area (Å²) in [4.78, 5) is 6.50. The van der Waals surface area contributed by atoms with Gasteiger partial charge in [-0.2, -0.15) is 0 Å². The van der Waals surface area contributed by atoms with Crippen molar-refractivity contribution in [2.75, 3.05) is 11.9 Å². The second-order valence-electron chi connectivity index (χ2n) is 4.72. The molecule has 0 radical (unpaired) electrons. The van der Waals surface area contributed by atoms with Crippen LogP contribution in [0, 0.1) is 0 Å². The van der Waals surface area contributed by atoms with E-state index in [0.717, 1.165) is 17.9 Å². The number of hydrogen-bond donors (Lipinski definition) is 1. The van der Waals surface area contributed by atoms with E-state index in [0.29, 0.717) is 6.42 Å². The Balaban J connectivity index is 2.05. The van der Waals surface area contributed by atoms with Gasteiger partial charge in [-0.05, 0) is 23.6 Å². The first kappa shape index (κ1) is 13.6. The zero-order valence-electron chi connectivity index (χ0n) is 11.5. The van der Waals surface area contributed by atoms with Gasteiger partial charge in [0, 0.05) is 19.8 Å². The lowest BCUT2D eigenvalue weighted by Gasteiger charge is -2.19. The van der Waals surface area contributed by atoms with Gasteiger partial charge in [-0.3, -0.25) is 0 Å². The molecule has 0 saturated carbocycles. The lowest BCUT2D eigenvalue weighted by Crippen LogP contribution is -2.17. The first-order chi connectivity index (χ1) is 9.20. The number of anilines is 1. The van der Waals surface area contributed by atoms with E-state index in [1.54, 1.807) is 6.20 Å². The highest BCUT2D eigenvalue weighted by Crippen LogP contribution is 2.18. The van der Waals surface area contributed by atoms with Crippen LogP contribution in [0.25, 0.3) is 0 Å². The Kier molecular flexibility index (Phi) is 4.53. The highest BCUT2D eigenvalue weighted by Gasteiger charge is 2.07.